The lowest BCUT2D eigenvalue weighted by molar-refractivity contribution is 0.0926. The van der Waals surface area contributed by atoms with Gasteiger partial charge in [-0.1, -0.05) is 37.6 Å². The molecule has 0 amide bonds. The molecule has 0 spiro atoms. The van der Waals surface area contributed by atoms with E-state index in [0.717, 1.165) is 17.5 Å². The van der Waals surface area contributed by atoms with Crippen LogP contribution in [0.15, 0.2) is 18.2 Å². The van der Waals surface area contributed by atoms with Crippen LogP contribution in [0.1, 0.15) is 41.8 Å². The van der Waals surface area contributed by atoms with E-state index in [2.05, 4.69) is 6.07 Å². The van der Waals surface area contributed by atoms with Crippen LogP contribution >= 0.6 is 0 Å². The summed E-state index contributed by atoms with van der Waals surface area (Å²) in [4.78, 5) is 11.9. The van der Waals surface area contributed by atoms with Crippen LogP contribution in [0.5, 0.6) is 0 Å². The van der Waals surface area contributed by atoms with Gasteiger partial charge < -0.3 is 0 Å². The zero-order valence-corrected chi connectivity index (χ0v) is 9.42. The van der Waals surface area contributed by atoms with Crippen molar-refractivity contribution in [1.29, 1.82) is 0 Å². The normalized spacial score (nSPS) is 12.6. The molecule has 1 aromatic carbocycles. The lowest BCUT2D eigenvalue weighted by Gasteiger charge is -2.10. The Morgan fingerprint density at radius 1 is 1.36 bits per heavy atom. The first kappa shape index (κ1) is 11.0. The largest absolute Gasteiger partial charge is 0.294 e. The van der Waals surface area contributed by atoms with Gasteiger partial charge in [-0.3, -0.25) is 4.79 Å². The molecule has 0 N–H and O–H groups in total. The number of ketones is 1. The van der Waals surface area contributed by atoms with Gasteiger partial charge in [-0.05, 0) is 25.8 Å². The second-order valence-corrected chi connectivity index (χ2v) is 3.99. The van der Waals surface area contributed by atoms with Gasteiger partial charge in [0.05, 0.1) is 0 Å². The maximum atomic E-state index is 11.9. The molecule has 0 radical (unpaired) electrons. The van der Waals surface area contributed by atoms with Crippen LogP contribution in [0.3, 0.4) is 0 Å². The predicted octanol–water partition coefficient (Wildman–Crippen LogP) is 3.53. The van der Waals surface area contributed by atoms with E-state index in [1.165, 1.54) is 5.56 Å². The smallest absolute Gasteiger partial charge is 0.165 e. The number of benzene rings is 1. The number of carbonyl (C=O) groups excluding carboxylic acids is 1. The third kappa shape index (κ3) is 2.22. The van der Waals surface area contributed by atoms with E-state index in [1.54, 1.807) is 0 Å². The van der Waals surface area contributed by atoms with Crippen LogP contribution in [0.2, 0.25) is 0 Å². The number of hydrogen-bond acceptors (Lipinski definition) is 1. The van der Waals surface area contributed by atoms with Crippen molar-refractivity contribution in [2.45, 2.75) is 34.1 Å². The number of aryl methyl sites for hydroxylation is 2. The first-order chi connectivity index (χ1) is 6.56. The van der Waals surface area contributed by atoms with Gasteiger partial charge in [0.15, 0.2) is 5.78 Å². The summed E-state index contributed by atoms with van der Waals surface area (Å²) in [5, 5.41) is 0. The Hall–Kier alpha value is -1.11. The van der Waals surface area contributed by atoms with Crippen LogP contribution in [-0.2, 0) is 0 Å². The summed E-state index contributed by atoms with van der Waals surface area (Å²) in [6.45, 7) is 8.08. The highest BCUT2D eigenvalue weighted by Crippen LogP contribution is 2.16. The van der Waals surface area contributed by atoms with Crippen molar-refractivity contribution in [3.05, 3.63) is 34.9 Å². The highest BCUT2D eigenvalue weighted by molar-refractivity contribution is 5.98. The summed E-state index contributed by atoms with van der Waals surface area (Å²) >= 11 is 0. The van der Waals surface area contributed by atoms with E-state index < -0.39 is 0 Å². The Kier molecular flexibility index (Phi) is 3.45. The third-order valence-corrected chi connectivity index (χ3v) is 2.71. The Bertz CT molecular complexity index is 339. The number of Topliss-reactive ketones (excluding diaryl/α,β-unsaturated/α-hetero) is 1. The fraction of sp³-hybridized carbons (Fsp3) is 0.462. The summed E-state index contributed by atoms with van der Waals surface area (Å²) in [7, 11) is 0. The molecule has 0 saturated carbocycles. The fourth-order valence-corrected chi connectivity index (χ4v) is 1.54. The van der Waals surface area contributed by atoms with Crippen LogP contribution in [0, 0.1) is 19.8 Å². The first-order valence-electron chi connectivity index (χ1n) is 5.17. The van der Waals surface area contributed by atoms with Gasteiger partial charge in [-0.15, -0.1) is 0 Å². The minimum atomic E-state index is 0.136. The average Bonchev–Trinajstić information content (AvgIpc) is 2.15. The average molecular weight is 190 g/mol. The molecule has 0 aromatic heterocycles. The van der Waals surface area contributed by atoms with Crippen molar-refractivity contribution in [2.75, 3.05) is 0 Å². The highest BCUT2D eigenvalue weighted by Gasteiger charge is 2.14. The second kappa shape index (κ2) is 4.41. The summed E-state index contributed by atoms with van der Waals surface area (Å²) in [5.41, 5.74) is 3.18. The lowest BCUT2D eigenvalue weighted by Crippen LogP contribution is -2.11. The molecule has 0 fully saturated rings. The van der Waals surface area contributed by atoms with Crippen LogP contribution < -0.4 is 0 Å². The first-order valence-corrected chi connectivity index (χ1v) is 5.17. The zero-order chi connectivity index (χ0) is 10.7. The molecule has 1 unspecified atom stereocenters. The molecule has 0 aliphatic heterocycles. The monoisotopic (exact) mass is 190 g/mol. The molecule has 1 nitrogen and oxygen atoms in total. The summed E-state index contributed by atoms with van der Waals surface area (Å²) < 4.78 is 0. The standard InChI is InChI=1S/C13H18O/c1-5-10(3)13(14)12-7-6-9(2)8-11(12)4/h6-8,10H,5H2,1-4H3. The highest BCUT2D eigenvalue weighted by atomic mass is 16.1. The topological polar surface area (TPSA) is 17.1 Å². The summed E-state index contributed by atoms with van der Waals surface area (Å²) in [6.07, 6.45) is 0.909. The number of hydrogen-bond donors (Lipinski definition) is 0. The molecule has 76 valence electrons. The Balaban J connectivity index is 3.02. The Morgan fingerprint density at radius 2 is 2.00 bits per heavy atom. The van der Waals surface area contributed by atoms with Gasteiger partial charge in [0.25, 0.3) is 0 Å². The minimum absolute atomic E-state index is 0.136. The van der Waals surface area contributed by atoms with Crippen molar-refractivity contribution < 1.29 is 4.79 Å². The Labute approximate surface area is 86.1 Å². The van der Waals surface area contributed by atoms with Crippen LogP contribution in [0.4, 0.5) is 0 Å². The maximum Gasteiger partial charge on any atom is 0.165 e. The van der Waals surface area contributed by atoms with E-state index in [4.69, 9.17) is 0 Å². The van der Waals surface area contributed by atoms with E-state index in [1.807, 2.05) is 39.8 Å². The van der Waals surface area contributed by atoms with Gasteiger partial charge >= 0.3 is 0 Å². The van der Waals surface area contributed by atoms with Gasteiger partial charge in [-0.2, -0.15) is 0 Å². The van der Waals surface area contributed by atoms with Crippen molar-refractivity contribution >= 4 is 5.78 Å². The van der Waals surface area contributed by atoms with E-state index >= 15 is 0 Å². The Morgan fingerprint density at radius 3 is 2.50 bits per heavy atom. The summed E-state index contributed by atoms with van der Waals surface area (Å²) in [5.74, 6) is 0.404. The van der Waals surface area contributed by atoms with E-state index in [-0.39, 0.29) is 11.7 Å². The molecule has 0 aliphatic rings. The quantitative estimate of drug-likeness (QED) is 0.666. The minimum Gasteiger partial charge on any atom is -0.294 e. The molecule has 0 aliphatic carbocycles. The molecule has 14 heavy (non-hydrogen) atoms. The van der Waals surface area contributed by atoms with Crippen LogP contribution in [0.25, 0.3) is 0 Å². The molecule has 1 rings (SSSR count). The molecule has 0 heterocycles. The SMILES string of the molecule is CCC(C)C(=O)c1ccc(C)cc1C. The van der Waals surface area contributed by atoms with Gasteiger partial charge in [-0.25, -0.2) is 0 Å². The molecule has 1 atom stereocenters. The fourth-order valence-electron chi connectivity index (χ4n) is 1.54. The number of carbonyl (C=O) groups is 1. The van der Waals surface area contributed by atoms with E-state index in [9.17, 15) is 4.79 Å². The van der Waals surface area contributed by atoms with Crippen molar-refractivity contribution in [1.82, 2.24) is 0 Å². The summed E-state index contributed by atoms with van der Waals surface area (Å²) in [6, 6.07) is 6.01. The van der Waals surface area contributed by atoms with Gasteiger partial charge in [0.1, 0.15) is 0 Å². The third-order valence-electron chi connectivity index (χ3n) is 2.71. The molecular formula is C13H18O. The molecule has 0 saturated heterocycles. The van der Waals surface area contributed by atoms with E-state index in [0.29, 0.717) is 0 Å². The van der Waals surface area contributed by atoms with Crippen molar-refractivity contribution in [2.24, 2.45) is 5.92 Å². The molecule has 1 heteroatoms. The second-order valence-electron chi connectivity index (χ2n) is 3.99. The van der Waals surface area contributed by atoms with Crippen molar-refractivity contribution in [3.8, 4) is 0 Å². The van der Waals surface area contributed by atoms with Crippen LogP contribution in [-0.4, -0.2) is 5.78 Å². The maximum absolute atomic E-state index is 11.9. The van der Waals surface area contributed by atoms with Gasteiger partial charge in [0, 0.05) is 11.5 Å². The lowest BCUT2D eigenvalue weighted by atomic mass is 9.93. The van der Waals surface area contributed by atoms with Crippen molar-refractivity contribution in [3.63, 3.8) is 0 Å². The molecular weight excluding hydrogens is 172 g/mol. The predicted molar refractivity (Wildman–Crippen MR) is 59.7 cm³/mol. The van der Waals surface area contributed by atoms with Gasteiger partial charge in [0.2, 0.25) is 0 Å². The number of rotatable bonds is 3. The zero-order valence-electron chi connectivity index (χ0n) is 9.42. The molecule has 1 aromatic rings. The molecule has 0 bridgehead atoms.